The molecule has 1 atom stereocenters. The molecule has 2 aromatic heterocycles. The Morgan fingerprint density at radius 2 is 1.53 bits per heavy atom. The summed E-state index contributed by atoms with van der Waals surface area (Å²) in [6.07, 6.45) is 3.76. The Kier molecular flexibility index (Phi) is 4.74. The SMILES string of the molecule is Cn1cncc1C(C)(c1ccccc1)c1ccc2c(c1)c(-c1ccccc1)nc(=O)n2C. The van der Waals surface area contributed by atoms with Gasteiger partial charge in [0.1, 0.15) is 0 Å². The van der Waals surface area contributed by atoms with E-state index in [1.165, 1.54) is 5.56 Å². The largest absolute Gasteiger partial charge is 0.348 e. The van der Waals surface area contributed by atoms with Gasteiger partial charge in [0.15, 0.2) is 0 Å². The maximum absolute atomic E-state index is 12.6. The molecule has 0 bridgehead atoms. The van der Waals surface area contributed by atoms with E-state index >= 15 is 0 Å². The van der Waals surface area contributed by atoms with Crippen LogP contribution in [-0.4, -0.2) is 19.1 Å². The van der Waals surface area contributed by atoms with Crippen molar-refractivity contribution in [3.63, 3.8) is 0 Å². The number of fused-ring (bicyclic) bond motifs is 1. The summed E-state index contributed by atoms with van der Waals surface area (Å²) in [6.45, 7) is 2.22. The van der Waals surface area contributed by atoms with Gasteiger partial charge in [0, 0.05) is 31.2 Å². The van der Waals surface area contributed by atoms with Gasteiger partial charge in [-0.05, 0) is 30.2 Å². The molecule has 32 heavy (non-hydrogen) atoms. The molecule has 0 amide bonds. The van der Waals surface area contributed by atoms with Crippen LogP contribution in [0.3, 0.4) is 0 Å². The van der Waals surface area contributed by atoms with Crippen molar-refractivity contribution in [1.29, 1.82) is 0 Å². The van der Waals surface area contributed by atoms with Crippen LogP contribution in [-0.2, 0) is 19.5 Å². The second-order valence-corrected chi connectivity index (χ2v) is 8.28. The Labute approximate surface area is 186 Å². The maximum atomic E-state index is 12.6. The molecule has 0 saturated heterocycles. The average Bonchev–Trinajstić information content (AvgIpc) is 3.28. The van der Waals surface area contributed by atoms with Crippen LogP contribution in [0.25, 0.3) is 22.2 Å². The molecular weight excluding hydrogens is 396 g/mol. The third-order valence-corrected chi connectivity index (χ3v) is 6.41. The van der Waals surface area contributed by atoms with E-state index in [-0.39, 0.29) is 5.69 Å². The summed E-state index contributed by atoms with van der Waals surface area (Å²) in [6, 6.07) is 26.6. The van der Waals surface area contributed by atoms with Crippen LogP contribution < -0.4 is 5.69 Å². The van der Waals surface area contributed by atoms with Crippen LogP contribution in [0, 0.1) is 0 Å². The normalized spacial score (nSPS) is 13.2. The topological polar surface area (TPSA) is 52.7 Å². The highest BCUT2D eigenvalue weighted by Crippen LogP contribution is 2.40. The zero-order chi connectivity index (χ0) is 22.3. The van der Waals surface area contributed by atoms with Gasteiger partial charge in [-0.25, -0.2) is 9.78 Å². The number of nitrogens with zero attached hydrogens (tertiary/aromatic N) is 4. The lowest BCUT2D eigenvalue weighted by Gasteiger charge is -2.32. The predicted octanol–water partition coefficient (Wildman–Crippen LogP) is 4.69. The fourth-order valence-corrected chi connectivity index (χ4v) is 4.55. The molecule has 0 aliphatic heterocycles. The number of rotatable bonds is 4. The van der Waals surface area contributed by atoms with E-state index in [2.05, 4.69) is 57.9 Å². The molecule has 5 rings (SSSR count). The molecule has 0 aliphatic carbocycles. The fourth-order valence-electron chi connectivity index (χ4n) is 4.55. The molecular formula is C27H24N4O. The van der Waals surface area contributed by atoms with E-state index in [9.17, 15) is 4.79 Å². The molecule has 5 nitrogen and oxygen atoms in total. The van der Waals surface area contributed by atoms with Crippen molar-refractivity contribution < 1.29 is 0 Å². The number of aryl methyl sites for hydroxylation is 2. The van der Waals surface area contributed by atoms with Gasteiger partial charge in [-0.1, -0.05) is 66.7 Å². The molecule has 158 valence electrons. The van der Waals surface area contributed by atoms with Crippen LogP contribution in [0.2, 0.25) is 0 Å². The predicted molar refractivity (Wildman–Crippen MR) is 128 cm³/mol. The molecule has 0 spiro atoms. The van der Waals surface area contributed by atoms with Gasteiger partial charge in [0.25, 0.3) is 0 Å². The van der Waals surface area contributed by atoms with Gasteiger partial charge in [0.05, 0.1) is 28.6 Å². The molecule has 0 N–H and O–H groups in total. The fraction of sp³-hybridized carbons (Fsp3) is 0.148. The lowest BCUT2D eigenvalue weighted by Crippen LogP contribution is -2.28. The summed E-state index contributed by atoms with van der Waals surface area (Å²) in [5.41, 5.74) is 5.14. The van der Waals surface area contributed by atoms with Gasteiger partial charge in [-0.15, -0.1) is 0 Å². The summed E-state index contributed by atoms with van der Waals surface area (Å²) in [7, 11) is 3.79. The van der Waals surface area contributed by atoms with E-state index < -0.39 is 5.41 Å². The number of benzene rings is 3. The molecule has 0 radical (unpaired) electrons. The summed E-state index contributed by atoms with van der Waals surface area (Å²) < 4.78 is 3.67. The summed E-state index contributed by atoms with van der Waals surface area (Å²) in [5.74, 6) is 0. The maximum Gasteiger partial charge on any atom is 0.348 e. The number of aromatic nitrogens is 4. The highest BCUT2D eigenvalue weighted by atomic mass is 16.1. The molecule has 3 aromatic carbocycles. The second-order valence-electron chi connectivity index (χ2n) is 8.28. The van der Waals surface area contributed by atoms with E-state index in [4.69, 9.17) is 0 Å². The van der Waals surface area contributed by atoms with E-state index in [1.54, 1.807) is 11.6 Å². The molecule has 2 heterocycles. The lowest BCUT2D eigenvalue weighted by molar-refractivity contribution is 0.626. The van der Waals surface area contributed by atoms with Gasteiger partial charge in [-0.2, -0.15) is 4.98 Å². The molecule has 0 saturated carbocycles. The van der Waals surface area contributed by atoms with E-state index in [0.29, 0.717) is 5.69 Å². The highest BCUT2D eigenvalue weighted by molar-refractivity contribution is 5.93. The smallest absolute Gasteiger partial charge is 0.337 e. The van der Waals surface area contributed by atoms with E-state index in [0.717, 1.165) is 27.7 Å². The minimum atomic E-state index is -0.441. The number of imidazole rings is 1. The van der Waals surface area contributed by atoms with E-state index in [1.807, 2.05) is 62.0 Å². The van der Waals surface area contributed by atoms with Crippen LogP contribution in [0.5, 0.6) is 0 Å². The van der Waals surface area contributed by atoms with Crippen LogP contribution >= 0.6 is 0 Å². The van der Waals surface area contributed by atoms with Gasteiger partial charge in [-0.3, -0.25) is 4.57 Å². The summed E-state index contributed by atoms with van der Waals surface area (Å²) in [5, 5.41) is 0.945. The average molecular weight is 421 g/mol. The van der Waals surface area contributed by atoms with Crippen LogP contribution in [0.1, 0.15) is 23.7 Å². The summed E-state index contributed by atoms with van der Waals surface area (Å²) >= 11 is 0. The number of hydrogen-bond acceptors (Lipinski definition) is 3. The second kappa shape index (κ2) is 7.61. The minimum absolute atomic E-state index is 0.262. The molecule has 0 aliphatic rings. The Balaban J connectivity index is 1.85. The van der Waals surface area contributed by atoms with Crippen molar-refractivity contribution in [2.24, 2.45) is 14.1 Å². The minimum Gasteiger partial charge on any atom is -0.337 e. The summed E-state index contributed by atoms with van der Waals surface area (Å²) in [4.78, 5) is 21.4. The Hall–Kier alpha value is -3.99. The molecule has 1 unspecified atom stereocenters. The molecule has 0 fully saturated rings. The molecule has 5 aromatic rings. The van der Waals surface area contributed by atoms with Crippen molar-refractivity contribution in [1.82, 2.24) is 19.1 Å². The zero-order valence-electron chi connectivity index (χ0n) is 18.4. The van der Waals surface area contributed by atoms with Crippen molar-refractivity contribution >= 4 is 10.9 Å². The van der Waals surface area contributed by atoms with Gasteiger partial charge < -0.3 is 4.57 Å². The first-order valence-corrected chi connectivity index (χ1v) is 10.6. The van der Waals surface area contributed by atoms with Crippen LogP contribution in [0.15, 0.2) is 96.2 Å². The van der Waals surface area contributed by atoms with Crippen LogP contribution in [0.4, 0.5) is 0 Å². The van der Waals surface area contributed by atoms with Crippen molar-refractivity contribution in [3.05, 3.63) is 119 Å². The van der Waals surface area contributed by atoms with Crippen molar-refractivity contribution in [2.75, 3.05) is 0 Å². The highest BCUT2D eigenvalue weighted by Gasteiger charge is 2.34. The monoisotopic (exact) mass is 420 g/mol. The Morgan fingerprint density at radius 3 is 2.19 bits per heavy atom. The van der Waals surface area contributed by atoms with Gasteiger partial charge in [0.2, 0.25) is 0 Å². The lowest BCUT2D eigenvalue weighted by atomic mass is 9.73. The first-order chi connectivity index (χ1) is 15.5. The Morgan fingerprint density at radius 1 is 0.844 bits per heavy atom. The molecule has 5 heteroatoms. The standard InChI is InChI=1S/C27H24N4O/c1-27(20-12-8-5-9-13-20,24-17-28-18-30(24)2)21-14-15-23-22(16-21)25(29-26(32)31(23)3)19-10-6-4-7-11-19/h4-18H,1-3H3. The van der Waals surface area contributed by atoms with Gasteiger partial charge >= 0.3 is 5.69 Å². The zero-order valence-corrected chi connectivity index (χ0v) is 18.4. The first kappa shape index (κ1) is 19.9. The number of hydrogen-bond donors (Lipinski definition) is 0. The quantitative estimate of drug-likeness (QED) is 0.424. The van der Waals surface area contributed by atoms with Crippen molar-refractivity contribution in [2.45, 2.75) is 12.3 Å². The Bertz CT molecular complexity index is 1470. The third-order valence-electron chi connectivity index (χ3n) is 6.41. The van der Waals surface area contributed by atoms with Crippen molar-refractivity contribution in [3.8, 4) is 11.3 Å². The first-order valence-electron chi connectivity index (χ1n) is 10.6. The third kappa shape index (κ3) is 3.05.